The highest BCUT2D eigenvalue weighted by Gasteiger charge is 2.29. The van der Waals surface area contributed by atoms with Crippen molar-refractivity contribution in [1.29, 1.82) is 0 Å². The van der Waals surface area contributed by atoms with Gasteiger partial charge in [0.05, 0.1) is 19.1 Å². The van der Waals surface area contributed by atoms with Gasteiger partial charge in [-0.05, 0) is 0 Å². The highest BCUT2D eigenvalue weighted by Crippen LogP contribution is 2.27. The number of hydroxylamine groups is 2. The third-order valence-corrected chi connectivity index (χ3v) is 2.58. The number of rotatable bonds is 3. The molecule has 0 aromatic heterocycles. The molecule has 1 aliphatic heterocycles. The lowest BCUT2D eigenvalue weighted by Crippen LogP contribution is -2.27. The summed E-state index contributed by atoms with van der Waals surface area (Å²) < 4.78 is 11.0. The van der Waals surface area contributed by atoms with Crippen LogP contribution in [0.4, 0.5) is 0 Å². The van der Waals surface area contributed by atoms with Gasteiger partial charge in [-0.2, -0.15) is 0 Å². The molecule has 5 nitrogen and oxygen atoms in total. The number of amides is 1. The molecule has 2 atom stereocenters. The summed E-state index contributed by atoms with van der Waals surface area (Å²) >= 11 is 0. The fourth-order valence-electron chi connectivity index (χ4n) is 1.67. The molecule has 1 N–H and O–H groups in total. The van der Waals surface area contributed by atoms with Crippen LogP contribution in [0.5, 0.6) is 0 Å². The van der Waals surface area contributed by atoms with E-state index in [9.17, 15) is 4.79 Å². The van der Waals surface area contributed by atoms with Gasteiger partial charge in [0.1, 0.15) is 0 Å². The quantitative estimate of drug-likeness (QED) is 0.636. The standard InChI is InChI=1S/C12H15NO4/c1-13(15)11(14)7-10-8-16-12(17-10)9-5-3-2-4-6-9/h2-6,10,12,15H,7-8H2,1H3. The maximum absolute atomic E-state index is 11.3. The molecule has 1 heterocycles. The second kappa shape index (κ2) is 5.27. The fourth-order valence-corrected chi connectivity index (χ4v) is 1.67. The Morgan fingerprint density at radius 1 is 1.47 bits per heavy atom. The fraction of sp³-hybridized carbons (Fsp3) is 0.417. The first-order valence-corrected chi connectivity index (χ1v) is 5.44. The summed E-state index contributed by atoms with van der Waals surface area (Å²) in [6.07, 6.45) is -0.601. The van der Waals surface area contributed by atoms with E-state index in [0.29, 0.717) is 11.7 Å². The lowest BCUT2D eigenvalue weighted by molar-refractivity contribution is -0.162. The van der Waals surface area contributed by atoms with Gasteiger partial charge in [0.2, 0.25) is 5.91 Å². The van der Waals surface area contributed by atoms with Crippen LogP contribution in [-0.4, -0.2) is 35.9 Å². The zero-order chi connectivity index (χ0) is 12.3. The van der Waals surface area contributed by atoms with Crippen molar-refractivity contribution in [2.75, 3.05) is 13.7 Å². The monoisotopic (exact) mass is 237 g/mol. The molecule has 1 saturated heterocycles. The molecule has 0 spiro atoms. The Morgan fingerprint density at radius 3 is 2.82 bits per heavy atom. The van der Waals surface area contributed by atoms with E-state index < -0.39 is 6.29 Å². The highest BCUT2D eigenvalue weighted by molar-refractivity contribution is 5.75. The summed E-state index contributed by atoms with van der Waals surface area (Å²) in [6.45, 7) is 0.360. The molecule has 0 aliphatic carbocycles. The molecule has 1 aliphatic rings. The maximum atomic E-state index is 11.3. The van der Waals surface area contributed by atoms with Crippen LogP contribution >= 0.6 is 0 Å². The van der Waals surface area contributed by atoms with Gasteiger partial charge in [0.25, 0.3) is 0 Å². The molecule has 1 fully saturated rings. The summed E-state index contributed by atoms with van der Waals surface area (Å²) in [5, 5.41) is 9.52. The van der Waals surface area contributed by atoms with Crippen LogP contribution in [0.3, 0.4) is 0 Å². The van der Waals surface area contributed by atoms with Crippen molar-refractivity contribution in [1.82, 2.24) is 5.06 Å². The van der Waals surface area contributed by atoms with Gasteiger partial charge in [0.15, 0.2) is 6.29 Å². The van der Waals surface area contributed by atoms with Crippen molar-refractivity contribution >= 4 is 5.91 Å². The van der Waals surface area contributed by atoms with E-state index >= 15 is 0 Å². The van der Waals surface area contributed by atoms with Gasteiger partial charge in [-0.15, -0.1) is 0 Å². The van der Waals surface area contributed by atoms with E-state index in [2.05, 4.69) is 0 Å². The third kappa shape index (κ3) is 3.03. The number of carbonyl (C=O) groups excluding carboxylic acids is 1. The van der Waals surface area contributed by atoms with Crippen LogP contribution in [0.15, 0.2) is 30.3 Å². The smallest absolute Gasteiger partial charge is 0.248 e. The van der Waals surface area contributed by atoms with Gasteiger partial charge >= 0.3 is 0 Å². The Kier molecular flexibility index (Phi) is 3.73. The van der Waals surface area contributed by atoms with E-state index in [1.54, 1.807) is 0 Å². The van der Waals surface area contributed by atoms with E-state index in [0.717, 1.165) is 5.56 Å². The zero-order valence-corrected chi connectivity index (χ0v) is 9.57. The minimum Gasteiger partial charge on any atom is -0.346 e. The Hall–Kier alpha value is -1.43. The molecule has 1 aromatic carbocycles. The molecule has 2 unspecified atom stereocenters. The molecule has 17 heavy (non-hydrogen) atoms. The first-order valence-electron chi connectivity index (χ1n) is 5.44. The van der Waals surface area contributed by atoms with Gasteiger partial charge in [-0.25, -0.2) is 5.06 Å². The van der Waals surface area contributed by atoms with Crippen molar-refractivity contribution < 1.29 is 19.5 Å². The van der Waals surface area contributed by atoms with E-state index in [1.165, 1.54) is 7.05 Å². The molecule has 0 bridgehead atoms. The largest absolute Gasteiger partial charge is 0.346 e. The summed E-state index contributed by atoms with van der Waals surface area (Å²) in [5.41, 5.74) is 0.930. The van der Waals surface area contributed by atoms with Crippen LogP contribution < -0.4 is 0 Å². The van der Waals surface area contributed by atoms with Crippen LogP contribution in [0.25, 0.3) is 0 Å². The average molecular weight is 237 g/mol. The number of benzene rings is 1. The van der Waals surface area contributed by atoms with Crippen LogP contribution in [0.2, 0.25) is 0 Å². The number of ether oxygens (including phenoxy) is 2. The van der Waals surface area contributed by atoms with Crippen molar-refractivity contribution in [2.45, 2.75) is 18.8 Å². The molecule has 5 heteroatoms. The highest BCUT2D eigenvalue weighted by atomic mass is 16.7. The van der Waals surface area contributed by atoms with Crippen LogP contribution in [0, 0.1) is 0 Å². The van der Waals surface area contributed by atoms with Crippen LogP contribution in [-0.2, 0) is 14.3 Å². The Balaban J connectivity index is 1.90. The number of nitrogens with zero attached hydrogens (tertiary/aromatic N) is 1. The van der Waals surface area contributed by atoms with Crippen molar-refractivity contribution in [3.63, 3.8) is 0 Å². The lowest BCUT2D eigenvalue weighted by atomic mass is 10.2. The second-order valence-electron chi connectivity index (χ2n) is 3.96. The topological polar surface area (TPSA) is 59.0 Å². The van der Waals surface area contributed by atoms with Crippen molar-refractivity contribution in [2.24, 2.45) is 0 Å². The first-order chi connectivity index (χ1) is 8.16. The molecular weight excluding hydrogens is 222 g/mol. The number of hydrogen-bond acceptors (Lipinski definition) is 4. The Morgan fingerprint density at radius 2 is 2.18 bits per heavy atom. The summed E-state index contributed by atoms with van der Waals surface area (Å²) in [4.78, 5) is 11.3. The molecule has 0 saturated carbocycles. The van der Waals surface area contributed by atoms with Gasteiger partial charge in [-0.3, -0.25) is 10.0 Å². The third-order valence-electron chi connectivity index (χ3n) is 2.58. The number of carbonyl (C=O) groups is 1. The maximum Gasteiger partial charge on any atom is 0.248 e. The Labute approximate surface area is 99.5 Å². The molecule has 1 aromatic rings. The van der Waals surface area contributed by atoms with Crippen LogP contribution in [0.1, 0.15) is 18.3 Å². The molecule has 2 rings (SSSR count). The normalized spacial score (nSPS) is 23.6. The second-order valence-corrected chi connectivity index (χ2v) is 3.96. The summed E-state index contributed by atoms with van der Waals surface area (Å²) in [7, 11) is 1.30. The van der Waals surface area contributed by atoms with Crippen molar-refractivity contribution in [3.8, 4) is 0 Å². The molecule has 0 radical (unpaired) electrons. The first kappa shape index (κ1) is 12.0. The molecule has 1 amide bonds. The lowest BCUT2D eigenvalue weighted by Gasteiger charge is -2.13. The summed E-state index contributed by atoms with van der Waals surface area (Å²) in [5.74, 6) is -0.382. The van der Waals surface area contributed by atoms with Gasteiger partial charge in [-0.1, -0.05) is 30.3 Å². The van der Waals surface area contributed by atoms with Gasteiger partial charge < -0.3 is 9.47 Å². The van der Waals surface area contributed by atoms with E-state index in [1.807, 2.05) is 30.3 Å². The predicted molar refractivity (Wildman–Crippen MR) is 59.2 cm³/mol. The van der Waals surface area contributed by atoms with E-state index in [4.69, 9.17) is 14.7 Å². The minimum absolute atomic E-state index is 0.121. The average Bonchev–Trinajstić information content (AvgIpc) is 2.78. The zero-order valence-electron chi connectivity index (χ0n) is 9.57. The Bertz CT molecular complexity index is 379. The minimum atomic E-state index is -0.419. The van der Waals surface area contributed by atoms with Gasteiger partial charge in [0, 0.05) is 12.6 Å². The van der Waals surface area contributed by atoms with E-state index in [-0.39, 0.29) is 18.4 Å². The SMILES string of the molecule is CN(O)C(=O)CC1COC(c2ccccc2)O1. The molecular formula is C12H15NO4. The van der Waals surface area contributed by atoms with Crippen molar-refractivity contribution in [3.05, 3.63) is 35.9 Å². The number of hydrogen-bond donors (Lipinski definition) is 1. The molecule has 92 valence electrons. The summed E-state index contributed by atoms with van der Waals surface area (Å²) in [6, 6.07) is 9.55. The predicted octanol–water partition coefficient (Wildman–Crippen LogP) is 1.34.